The van der Waals surface area contributed by atoms with Crippen LogP contribution in [-0.4, -0.2) is 236 Å². The zero-order chi connectivity index (χ0) is 71.8. The van der Waals surface area contributed by atoms with Crippen molar-refractivity contribution in [2.75, 3.05) is 48.8 Å². The lowest BCUT2D eigenvalue weighted by Crippen LogP contribution is -2.64. The maximum atomic E-state index is 15.4. The first-order valence-corrected chi connectivity index (χ1v) is 33.3. The fraction of sp³-hybridized carbons (Fsp3) is 0.735. The minimum atomic E-state index is -1.82. The van der Waals surface area contributed by atoms with Crippen molar-refractivity contribution in [3.05, 3.63) is 30.1 Å². The van der Waals surface area contributed by atoms with Crippen molar-refractivity contribution in [2.24, 2.45) is 47.3 Å². The molecule has 1 aromatic carbocycles. The second kappa shape index (κ2) is 36.0. The highest BCUT2D eigenvalue weighted by Gasteiger charge is 2.46. The van der Waals surface area contributed by atoms with Crippen LogP contribution in [0.2, 0.25) is 0 Å². The molecule has 0 bridgehead atoms. The fourth-order valence-corrected chi connectivity index (χ4v) is 11.9. The van der Waals surface area contributed by atoms with E-state index in [4.69, 9.17) is 4.74 Å². The summed E-state index contributed by atoms with van der Waals surface area (Å²) in [6, 6.07) is -5.25. The van der Waals surface area contributed by atoms with Gasteiger partial charge in [-0.3, -0.25) is 47.9 Å². The number of rotatable bonds is 17. The summed E-state index contributed by atoms with van der Waals surface area (Å²) in [6.07, 6.45) is -4.30. The van der Waals surface area contributed by atoms with Crippen LogP contribution < -0.4 is 21.3 Å². The smallest absolute Gasteiger partial charge is 0.329 e. The standard InChI is InChI=1S/C68H114N12O14/c1-35(2)28-47-63(88)77(20)50(31-38(7)8)59(84)69-43(16)68(93)94-58(41(13)14)67(92)78(21)51(32-39(9)10)61(86)73-48(29-36(3)4)64(89)79(22)55(40(11)12)66(91)80(23)56(57(83)42(15)33-52-70-45-26-24-25-27-46(45)71-52)62(87)74-54(44(17)81)65(90)75(18)34-53(82)76(19)49(30-37(5)6)60(85)72-47/h24-27,35-44,47-51,54-58,81,83H,28-34H2,1-23H3,(H,69,84)(H,70,71)(H,72,85)(H,73,86)(H,74,87)/t42-,43+,44-,47+,48+,49+,50+,51+,54+,55+,56+,57-,58-/m1/s1. The van der Waals surface area contributed by atoms with Crippen molar-refractivity contribution in [1.29, 1.82) is 0 Å². The number of amides is 10. The van der Waals surface area contributed by atoms with E-state index in [0.717, 1.165) is 14.7 Å². The molecule has 0 aliphatic carbocycles. The van der Waals surface area contributed by atoms with E-state index in [1.807, 2.05) is 87.4 Å². The molecule has 1 saturated heterocycles. The highest BCUT2D eigenvalue weighted by molar-refractivity contribution is 5.99. The number of fused-ring (bicyclic) bond motifs is 1. The molecule has 1 fully saturated rings. The predicted molar refractivity (Wildman–Crippen MR) is 357 cm³/mol. The molecule has 26 nitrogen and oxygen atoms in total. The highest BCUT2D eigenvalue weighted by Crippen LogP contribution is 2.26. The molecular formula is C68H114N12O14. The highest BCUT2D eigenvalue weighted by atomic mass is 16.6. The van der Waals surface area contributed by atoms with Crippen molar-refractivity contribution in [1.82, 2.24) is 60.6 Å². The number of cyclic esters (lactones) is 1. The van der Waals surface area contributed by atoms with Crippen LogP contribution >= 0.6 is 0 Å². The van der Waals surface area contributed by atoms with Gasteiger partial charge in [-0.15, -0.1) is 0 Å². The Balaban J connectivity index is 2.36. The number of H-pyrrole nitrogens is 1. The molecule has 10 amide bonds. The van der Waals surface area contributed by atoms with Crippen LogP contribution in [0.4, 0.5) is 0 Å². The number of aromatic amines is 1. The minimum Gasteiger partial charge on any atom is -0.450 e. The third kappa shape index (κ3) is 22.2. The van der Waals surface area contributed by atoms with Gasteiger partial charge in [-0.05, 0) is 105 Å². The first kappa shape index (κ1) is 81.0. The maximum Gasteiger partial charge on any atom is 0.329 e. The Morgan fingerprint density at radius 2 is 0.936 bits per heavy atom. The van der Waals surface area contributed by atoms with Gasteiger partial charge in [0.15, 0.2) is 6.10 Å². The van der Waals surface area contributed by atoms with Crippen molar-refractivity contribution in [3.63, 3.8) is 0 Å². The van der Waals surface area contributed by atoms with Crippen LogP contribution in [0.1, 0.15) is 156 Å². The predicted octanol–water partition coefficient (Wildman–Crippen LogP) is 3.50. The van der Waals surface area contributed by atoms with Crippen LogP contribution in [0.5, 0.6) is 0 Å². The summed E-state index contributed by atoms with van der Waals surface area (Å²) in [7, 11) is 8.10. The summed E-state index contributed by atoms with van der Waals surface area (Å²) in [4.78, 5) is 177. The van der Waals surface area contributed by atoms with E-state index in [0.29, 0.717) is 16.9 Å². The minimum absolute atomic E-state index is 0.0568. The van der Waals surface area contributed by atoms with E-state index >= 15 is 14.4 Å². The second-order valence-corrected chi connectivity index (χ2v) is 28.9. The molecule has 7 N–H and O–H groups in total. The van der Waals surface area contributed by atoms with Gasteiger partial charge in [0.1, 0.15) is 60.2 Å². The van der Waals surface area contributed by atoms with Gasteiger partial charge in [-0.2, -0.15) is 0 Å². The van der Waals surface area contributed by atoms with Gasteiger partial charge < -0.3 is 70.6 Å². The zero-order valence-corrected chi connectivity index (χ0v) is 60.2. The van der Waals surface area contributed by atoms with E-state index in [2.05, 4.69) is 31.2 Å². The Bertz CT molecular complexity index is 2890. The molecule has 0 spiro atoms. The number of imidazole rings is 1. The zero-order valence-electron chi connectivity index (χ0n) is 60.2. The molecule has 1 aliphatic rings. The van der Waals surface area contributed by atoms with E-state index < -0.39 is 162 Å². The molecule has 94 heavy (non-hydrogen) atoms. The van der Waals surface area contributed by atoms with Gasteiger partial charge in [0.05, 0.1) is 29.8 Å². The average molecular weight is 1320 g/mol. The molecule has 0 radical (unpaired) electrons. The normalized spacial score (nSPS) is 25.7. The molecular weight excluding hydrogens is 1210 g/mol. The monoisotopic (exact) mass is 1320 g/mol. The molecule has 3 rings (SSSR count). The lowest BCUT2D eigenvalue weighted by Gasteiger charge is -2.40. The van der Waals surface area contributed by atoms with E-state index in [9.17, 15) is 48.6 Å². The number of hydrogen-bond donors (Lipinski definition) is 7. The Kier molecular flexibility index (Phi) is 31.1. The Morgan fingerprint density at radius 1 is 0.500 bits per heavy atom. The van der Waals surface area contributed by atoms with E-state index in [1.165, 1.54) is 70.8 Å². The van der Waals surface area contributed by atoms with Gasteiger partial charge in [0, 0.05) is 48.7 Å². The fourth-order valence-electron chi connectivity index (χ4n) is 11.9. The average Bonchev–Trinajstić information content (AvgIpc) is 0.904. The van der Waals surface area contributed by atoms with Crippen LogP contribution in [0.15, 0.2) is 24.3 Å². The number of hydrogen-bond acceptors (Lipinski definition) is 15. The lowest BCUT2D eigenvalue weighted by molar-refractivity contribution is -0.166. The molecule has 530 valence electrons. The summed E-state index contributed by atoms with van der Waals surface area (Å²) >= 11 is 0. The number of carbonyl (C=O) groups excluding carboxylic acids is 11. The molecule has 13 atom stereocenters. The van der Waals surface area contributed by atoms with E-state index in [-0.39, 0.29) is 68.1 Å². The molecule has 0 saturated carbocycles. The number of aliphatic hydroxyl groups is 2. The van der Waals surface area contributed by atoms with Crippen molar-refractivity contribution >= 4 is 76.1 Å². The van der Waals surface area contributed by atoms with Crippen LogP contribution in [0.25, 0.3) is 11.0 Å². The Hall–Kier alpha value is -7.22. The molecule has 1 aromatic heterocycles. The number of likely N-dealkylation sites (N-methyl/N-ethyl adjacent to an activating group) is 6. The SMILES string of the molecule is CC(C)C[C@@H]1NC(=O)[C@H](CC(C)C)N(C)C(=O)[C@@H](C(C)C)OC(=O)[C@H](C)NC(=O)[C@H](CC(C)C)N(C)C(=O)[C@H](CC(C)C)NC(=O)[C@H](CC(C)C)N(C)C(=O)CN(C)C(=O)[C@H]([C@@H](C)O)NC(=O)[C@H]([C@H](O)[C@H](C)Cc2nc3ccccc3[nH]2)N(C)C(=O)[C@H](C(C)C)N(C)C1=O. The number of ether oxygens (including phenoxy) is 1. The van der Waals surface area contributed by atoms with Crippen molar-refractivity contribution < 1.29 is 67.7 Å². The topological polar surface area (TPSA) is 334 Å². The summed E-state index contributed by atoms with van der Waals surface area (Å²) < 4.78 is 5.91. The van der Waals surface area contributed by atoms with Gasteiger partial charge in [-0.25, -0.2) is 9.78 Å². The van der Waals surface area contributed by atoms with Crippen LogP contribution in [0, 0.1) is 47.3 Å². The van der Waals surface area contributed by atoms with Crippen molar-refractivity contribution in [3.8, 4) is 0 Å². The number of para-hydroxylation sites is 2. The molecule has 0 unspecified atom stereocenters. The molecule has 2 heterocycles. The number of aromatic nitrogens is 2. The maximum absolute atomic E-state index is 15.4. The van der Waals surface area contributed by atoms with Crippen LogP contribution in [-0.2, 0) is 63.9 Å². The molecule has 1 aliphatic heterocycles. The number of nitrogens with one attached hydrogen (secondary N) is 5. The number of aliphatic hydroxyl groups excluding tert-OH is 2. The number of carbonyl (C=O) groups is 11. The van der Waals surface area contributed by atoms with Gasteiger partial charge in [-0.1, -0.05) is 116 Å². The number of nitrogens with zero attached hydrogens (tertiary/aromatic N) is 7. The lowest BCUT2D eigenvalue weighted by atomic mass is 9.91. The third-order valence-corrected chi connectivity index (χ3v) is 17.3. The second-order valence-electron chi connectivity index (χ2n) is 28.9. The summed E-state index contributed by atoms with van der Waals surface area (Å²) in [5.41, 5.74) is 1.35. The van der Waals surface area contributed by atoms with Gasteiger partial charge in [0.2, 0.25) is 53.2 Å². The first-order valence-electron chi connectivity index (χ1n) is 33.3. The number of benzene rings is 1. The van der Waals surface area contributed by atoms with Gasteiger partial charge >= 0.3 is 5.97 Å². The first-order chi connectivity index (χ1) is 43.5. The van der Waals surface area contributed by atoms with Gasteiger partial charge in [0.25, 0.3) is 5.91 Å². The largest absolute Gasteiger partial charge is 0.450 e. The molecule has 26 heteroatoms. The Labute approximate surface area is 557 Å². The van der Waals surface area contributed by atoms with E-state index in [1.54, 1.807) is 40.7 Å². The summed E-state index contributed by atoms with van der Waals surface area (Å²) in [6.45, 7) is 28.6. The summed E-state index contributed by atoms with van der Waals surface area (Å²) in [5, 5.41) is 34.8. The summed E-state index contributed by atoms with van der Waals surface area (Å²) in [5.74, 6) is -11.5. The van der Waals surface area contributed by atoms with Crippen LogP contribution in [0.3, 0.4) is 0 Å². The molecule has 2 aromatic rings. The number of esters is 1. The Morgan fingerprint density at radius 3 is 1.38 bits per heavy atom. The quantitative estimate of drug-likeness (QED) is 0.112. The third-order valence-electron chi connectivity index (χ3n) is 17.3. The van der Waals surface area contributed by atoms with Crippen molar-refractivity contribution in [2.45, 2.75) is 229 Å².